The lowest BCUT2D eigenvalue weighted by Gasteiger charge is -2.05. The predicted molar refractivity (Wildman–Crippen MR) is 94.5 cm³/mol. The van der Waals surface area contributed by atoms with E-state index in [2.05, 4.69) is 21.2 Å². The minimum absolute atomic E-state index is 0.151. The molecule has 0 radical (unpaired) electrons. The molecule has 116 valence electrons. The highest BCUT2D eigenvalue weighted by Crippen LogP contribution is 2.24. The molecule has 3 rings (SSSR count). The number of nitrogens with one attached hydrogen (secondary N) is 1. The fourth-order valence-electron chi connectivity index (χ4n) is 2.15. The van der Waals surface area contributed by atoms with Crippen molar-refractivity contribution in [3.05, 3.63) is 81.5 Å². The molecule has 0 aliphatic carbocycles. The Labute approximate surface area is 147 Å². The summed E-state index contributed by atoms with van der Waals surface area (Å²) in [6.45, 7) is 0.327. The van der Waals surface area contributed by atoms with Crippen molar-refractivity contribution in [1.29, 1.82) is 0 Å². The molecule has 0 saturated heterocycles. The summed E-state index contributed by atoms with van der Waals surface area (Å²) in [5, 5.41) is 3.53. The largest absolute Gasteiger partial charge is 0.459 e. The van der Waals surface area contributed by atoms with Crippen LogP contribution in [0.3, 0.4) is 0 Å². The van der Waals surface area contributed by atoms with Gasteiger partial charge in [0.15, 0.2) is 0 Å². The van der Waals surface area contributed by atoms with E-state index in [1.54, 1.807) is 6.07 Å². The van der Waals surface area contributed by atoms with E-state index in [1.165, 1.54) is 0 Å². The Balaban J connectivity index is 1.67. The first kappa shape index (κ1) is 15.8. The highest BCUT2D eigenvalue weighted by Gasteiger charge is 2.10. The maximum absolute atomic E-state index is 12.2. The number of hydrogen-bond acceptors (Lipinski definition) is 2. The van der Waals surface area contributed by atoms with Gasteiger partial charge >= 0.3 is 0 Å². The van der Waals surface area contributed by atoms with E-state index >= 15 is 0 Å². The van der Waals surface area contributed by atoms with Crippen molar-refractivity contribution in [2.24, 2.45) is 0 Å². The van der Waals surface area contributed by atoms with Crippen molar-refractivity contribution in [3.63, 3.8) is 0 Å². The molecule has 0 unspecified atom stereocenters. The minimum atomic E-state index is -0.151. The smallest absolute Gasteiger partial charge is 0.252 e. The third-order valence-corrected chi connectivity index (χ3v) is 4.28. The molecule has 0 bridgehead atoms. The number of benzene rings is 2. The van der Waals surface area contributed by atoms with Crippen LogP contribution in [0.15, 0.2) is 69.6 Å². The molecule has 0 spiro atoms. The number of amides is 1. The quantitative estimate of drug-likeness (QED) is 0.657. The van der Waals surface area contributed by atoms with Crippen LogP contribution in [0.4, 0.5) is 0 Å². The second kappa shape index (κ2) is 7.02. The van der Waals surface area contributed by atoms with Crippen LogP contribution in [0, 0.1) is 0 Å². The number of halogens is 2. The van der Waals surface area contributed by atoms with Crippen molar-refractivity contribution in [2.45, 2.75) is 6.54 Å². The van der Waals surface area contributed by atoms with Gasteiger partial charge in [-0.05, 0) is 64.5 Å². The summed E-state index contributed by atoms with van der Waals surface area (Å²) in [5.74, 6) is 1.28. The monoisotopic (exact) mass is 389 g/mol. The van der Waals surface area contributed by atoms with Crippen LogP contribution in [-0.2, 0) is 6.54 Å². The molecule has 3 aromatic rings. The molecule has 0 saturated carbocycles. The molecule has 3 nitrogen and oxygen atoms in total. The zero-order valence-electron chi connectivity index (χ0n) is 12.1. The van der Waals surface area contributed by atoms with Gasteiger partial charge in [-0.3, -0.25) is 4.79 Å². The summed E-state index contributed by atoms with van der Waals surface area (Å²) in [7, 11) is 0. The number of furan rings is 1. The standard InChI is InChI=1S/C18H13BrClNO2/c19-16-4-2-1-3-15(16)18(22)21-11-14-9-10-17(23-14)12-5-7-13(20)8-6-12/h1-10H,11H2,(H,21,22). The van der Waals surface area contributed by atoms with E-state index in [4.69, 9.17) is 16.0 Å². The minimum Gasteiger partial charge on any atom is -0.459 e. The first-order valence-electron chi connectivity index (χ1n) is 7.01. The lowest BCUT2D eigenvalue weighted by atomic mass is 10.2. The van der Waals surface area contributed by atoms with Gasteiger partial charge in [0.2, 0.25) is 0 Å². The molecule has 23 heavy (non-hydrogen) atoms. The third-order valence-electron chi connectivity index (χ3n) is 3.33. The summed E-state index contributed by atoms with van der Waals surface area (Å²) in [4.78, 5) is 12.2. The Morgan fingerprint density at radius 2 is 1.78 bits per heavy atom. The average Bonchev–Trinajstić information content (AvgIpc) is 3.03. The zero-order valence-corrected chi connectivity index (χ0v) is 14.4. The van der Waals surface area contributed by atoms with Gasteiger partial charge in [-0.1, -0.05) is 23.7 Å². The molecule has 1 aromatic heterocycles. The van der Waals surface area contributed by atoms with E-state index in [9.17, 15) is 4.79 Å². The Bertz CT molecular complexity index is 827. The second-order valence-corrected chi connectivity index (χ2v) is 6.23. The lowest BCUT2D eigenvalue weighted by Crippen LogP contribution is -2.22. The number of rotatable bonds is 4. The third kappa shape index (κ3) is 3.84. The average molecular weight is 391 g/mol. The molecule has 1 N–H and O–H groups in total. The Kier molecular flexibility index (Phi) is 4.84. The summed E-state index contributed by atoms with van der Waals surface area (Å²) < 4.78 is 6.52. The predicted octanol–water partition coefficient (Wildman–Crippen LogP) is 5.29. The molecule has 2 aromatic carbocycles. The van der Waals surface area contributed by atoms with Crippen molar-refractivity contribution < 1.29 is 9.21 Å². The van der Waals surface area contributed by atoms with E-state index < -0.39 is 0 Å². The van der Waals surface area contributed by atoms with Crippen LogP contribution in [0.1, 0.15) is 16.1 Å². The van der Waals surface area contributed by atoms with Crippen LogP contribution < -0.4 is 5.32 Å². The topological polar surface area (TPSA) is 42.2 Å². The first-order chi connectivity index (χ1) is 11.1. The van der Waals surface area contributed by atoms with E-state index in [0.717, 1.165) is 15.8 Å². The number of carbonyl (C=O) groups excluding carboxylic acids is 1. The summed E-state index contributed by atoms with van der Waals surface area (Å²) in [6, 6.07) is 18.4. The van der Waals surface area contributed by atoms with Gasteiger partial charge in [0.1, 0.15) is 11.5 Å². The van der Waals surface area contributed by atoms with Crippen LogP contribution in [0.2, 0.25) is 5.02 Å². The van der Waals surface area contributed by atoms with E-state index in [-0.39, 0.29) is 5.91 Å². The normalized spacial score (nSPS) is 10.5. The van der Waals surface area contributed by atoms with E-state index in [1.807, 2.05) is 54.6 Å². The van der Waals surface area contributed by atoms with Crippen LogP contribution >= 0.6 is 27.5 Å². The highest BCUT2D eigenvalue weighted by atomic mass is 79.9. The zero-order chi connectivity index (χ0) is 16.2. The SMILES string of the molecule is O=C(NCc1ccc(-c2ccc(Cl)cc2)o1)c1ccccc1Br. The molecule has 5 heteroatoms. The molecule has 0 fully saturated rings. The van der Waals surface area contributed by atoms with Gasteiger partial charge in [-0.2, -0.15) is 0 Å². The fraction of sp³-hybridized carbons (Fsp3) is 0.0556. The van der Waals surface area contributed by atoms with Crippen LogP contribution in [0.25, 0.3) is 11.3 Å². The van der Waals surface area contributed by atoms with Gasteiger partial charge in [-0.25, -0.2) is 0 Å². The maximum Gasteiger partial charge on any atom is 0.252 e. The first-order valence-corrected chi connectivity index (χ1v) is 8.18. The van der Waals surface area contributed by atoms with Gasteiger partial charge in [0, 0.05) is 15.1 Å². The number of carbonyl (C=O) groups is 1. The Hall–Kier alpha value is -2.04. The van der Waals surface area contributed by atoms with E-state index in [0.29, 0.717) is 22.9 Å². The van der Waals surface area contributed by atoms with Crippen LogP contribution in [-0.4, -0.2) is 5.91 Å². The highest BCUT2D eigenvalue weighted by molar-refractivity contribution is 9.10. The fourth-order valence-corrected chi connectivity index (χ4v) is 2.74. The Morgan fingerprint density at radius 1 is 1.04 bits per heavy atom. The lowest BCUT2D eigenvalue weighted by molar-refractivity contribution is 0.0947. The summed E-state index contributed by atoms with van der Waals surface area (Å²) >= 11 is 9.25. The molecule has 1 amide bonds. The van der Waals surface area contributed by atoms with Gasteiger partial charge in [0.25, 0.3) is 5.91 Å². The summed E-state index contributed by atoms with van der Waals surface area (Å²) in [5.41, 5.74) is 1.54. The second-order valence-electron chi connectivity index (χ2n) is 4.94. The number of hydrogen-bond donors (Lipinski definition) is 1. The van der Waals surface area contributed by atoms with Gasteiger partial charge in [-0.15, -0.1) is 0 Å². The molecule has 0 aliphatic rings. The summed E-state index contributed by atoms with van der Waals surface area (Å²) in [6.07, 6.45) is 0. The van der Waals surface area contributed by atoms with Gasteiger partial charge in [0.05, 0.1) is 12.1 Å². The van der Waals surface area contributed by atoms with Crippen molar-refractivity contribution >= 4 is 33.4 Å². The van der Waals surface area contributed by atoms with Crippen molar-refractivity contribution in [3.8, 4) is 11.3 Å². The molecule has 0 atom stereocenters. The maximum atomic E-state index is 12.2. The Morgan fingerprint density at radius 3 is 2.52 bits per heavy atom. The molecule has 1 heterocycles. The van der Waals surface area contributed by atoms with Crippen molar-refractivity contribution in [1.82, 2.24) is 5.32 Å². The van der Waals surface area contributed by atoms with Crippen LogP contribution in [0.5, 0.6) is 0 Å². The molecular weight excluding hydrogens is 378 g/mol. The van der Waals surface area contributed by atoms with Crippen molar-refractivity contribution in [2.75, 3.05) is 0 Å². The molecule has 0 aliphatic heterocycles. The van der Waals surface area contributed by atoms with Gasteiger partial charge < -0.3 is 9.73 Å². The molecular formula is C18H13BrClNO2.